The van der Waals surface area contributed by atoms with Gasteiger partial charge in [-0.25, -0.2) is 0 Å². The maximum absolute atomic E-state index is 12.3. The average Bonchev–Trinajstić information content (AvgIpc) is 2.73. The van der Waals surface area contributed by atoms with Crippen molar-refractivity contribution in [3.8, 4) is 5.75 Å². The molecule has 1 unspecified atom stereocenters. The summed E-state index contributed by atoms with van der Waals surface area (Å²) in [4.78, 5) is 46.6. The number of non-ortho nitro benzene ring substituents is 1. The standard InChI is InChI=1S/C19H17Cl2N3O7/c1-10(18(26)23-15-8-12(24(28)29)4-6-16(15)30-2)31-17(25)9-22-19(27)11-3-5-13(20)14(21)7-11/h3-8,10H,9H2,1-2H3,(H,22,27)(H,23,26). The second kappa shape index (κ2) is 10.6. The van der Waals surface area contributed by atoms with E-state index in [4.69, 9.17) is 32.7 Å². The Bertz CT molecular complexity index is 1030. The number of nitro benzene ring substituents is 1. The van der Waals surface area contributed by atoms with Crippen LogP contribution in [-0.2, 0) is 14.3 Å². The molecule has 0 aliphatic carbocycles. The van der Waals surface area contributed by atoms with E-state index in [1.165, 1.54) is 44.4 Å². The summed E-state index contributed by atoms with van der Waals surface area (Å²) in [5, 5.41) is 16.1. The Morgan fingerprint density at radius 1 is 1.13 bits per heavy atom. The largest absolute Gasteiger partial charge is 0.495 e. The monoisotopic (exact) mass is 469 g/mol. The van der Waals surface area contributed by atoms with Gasteiger partial charge < -0.3 is 20.1 Å². The zero-order valence-electron chi connectivity index (χ0n) is 16.3. The maximum Gasteiger partial charge on any atom is 0.326 e. The smallest absolute Gasteiger partial charge is 0.326 e. The van der Waals surface area contributed by atoms with Crippen molar-refractivity contribution < 1.29 is 28.8 Å². The van der Waals surface area contributed by atoms with Crippen LogP contribution < -0.4 is 15.4 Å². The Morgan fingerprint density at radius 3 is 2.45 bits per heavy atom. The predicted molar refractivity (Wildman–Crippen MR) is 113 cm³/mol. The number of nitrogens with zero attached hydrogens (tertiary/aromatic N) is 1. The lowest BCUT2D eigenvalue weighted by Gasteiger charge is -2.15. The molecule has 2 aromatic carbocycles. The first-order valence-electron chi connectivity index (χ1n) is 8.68. The van der Waals surface area contributed by atoms with E-state index < -0.39 is 35.4 Å². The molecule has 0 aliphatic rings. The van der Waals surface area contributed by atoms with Gasteiger partial charge in [-0.15, -0.1) is 0 Å². The quantitative estimate of drug-likeness (QED) is 0.343. The Balaban J connectivity index is 1.93. The van der Waals surface area contributed by atoms with E-state index in [0.29, 0.717) is 0 Å². The second-order valence-corrected chi connectivity index (χ2v) is 6.89. The summed E-state index contributed by atoms with van der Waals surface area (Å²) >= 11 is 11.6. The molecule has 2 rings (SSSR count). The Hall–Kier alpha value is -3.37. The normalized spacial score (nSPS) is 11.2. The minimum absolute atomic E-state index is 0.0394. The number of carbonyl (C=O) groups is 3. The van der Waals surface area contributed by atoms with Gasteiger partial charge in [0.05, 0.1) is 27.8 Å². The van der Waals surface area contributed by atoms with Crippen LogP contribution in [0.5, 0.6) is 5.75 Å². The Kier molecular flexibility index (Phi) is 8.17. The first kappa shape index (κ1) is 23.9. The fourth-order valence-electron chi connectivity index (χ4n) is 2.33. The number of ether oxygens (including phenoxy) is 2. The molecule has 10 nitrogen and oxygen atoms in total. The van der Waals surface area contributed by atoms with Crippen molar-refractivity contribution in [2.24, 2.45) is 0 Å². The summed E-state index contributed by atoms with van der Waals surface area (Å²) in [5.74, 6) is -2.02. The van der Waals surface area contributed by atoms with Crippen molar-refractivity contribution in [3.63, 3.8) is 0 Å². The summed E-state index contributed by atoms with van der Waals surface area (Å²) in [7, 11) is 1.33. The summed E-state index contributed by atoms with van der Waals surface area (Å²) < 4.78 is 10.0. The summed E-state index contributed by atoms with van der Waals surface area (Å²) in [6.07, 6.45) is -1.25. The third-order valence-corrected chi connectivity index (χ3v) is 4.64. The highest BCUT2D eigenvalue weighted by Crippen LogP contribution is 2.29. The van der Waals surface area contributed by atoms with Gasteiger partial charge in [0.25, 0.3) is 17.5 Å². The van der Waals surface area contributed by atoms with Gasteiger partial charge in [0.15, 0.2) is 6.10 Å². The third-order valence-electron chi connectivity index (χ3n) is 3.90. The van der Waals surface area contributed by atoms with Crippen LogP contribution in [0.2, 0.25) is 10.0 Å². The average molecular weight is 470 g/mol. The van der Waals surface area contributed by atoms with Gasteiger partial charge in [-0.1, -0.05) is 23.2 Å². The molecule has 0 saturated heterocycles. The number of nitro groups is 1. The Morgan fingerprint density at radius 2 is 1.84 bits per heavy atom. The number of halogens is 2. The minimum atomic E-state index is -1.25. The molecule has 164 valence electrons. The molecule has 2 aromatic rings. The van der Waals surface area contributed by atoms with Crippen molar-refractivity contribution in [3.05, 3.63) is 62.1 Å². The van der Waals surface area contributed by atoms with E-state index >= 15 is 0 Å². The van der Waals surface area contributed by atoms with E-state index in [1.807, 2.05) is 0 Å². The number of methoxy groups -OCH3 is 1. The number of carbonyl (C=O) groups excluding carboxylic acids is 3. The van der Waals surface area contributed by atoms with Gasteiger partial charge in [0.1, 0.15) is 12.3 Å². The molecule has 2 amide bonds. The van der Waals surface area contributed by atoms with E-state index in [1.54, 1.807) is 0 Å². The number of esters is 1. The topological polar surface area (TPSA) is 137 Å². The maximum atomic E-state index is 12.3. The van der Waals surface area contributed by atoms with Crippen LogP contribution in [-0.4, -0.2) is 42.5 Å². The van der Waals surface area contributed by atoms with Crippen LogP contribution >= 0.6 is 23.2 Å². The molecule has 0 bridgehead atoms. The van der Waals surface area contributed by atoms with Gasteiger partial charge >= 0.3 is 5.97 Å². The SMILES string of the molecule is COc1ccc([N+](=O)[O-])cc1NC(=O)C(C)OC(=O)CNC(=O)c1ccc(Cl)c(Cl)c1. The summed E-state index contributed by atoms with van der Waals surface area (Å²) in [6.45, 7) is 0.800. The molecule has 0 aromatic heterocycles. The highest BCUT2D eigenvalue weighted by atomic mass is 35.5. The fraction of sp³-hybridized carbons (Fsp3) is 0.211. The molecule has 0 fully saturated rings. The van der Waals surface area contributed by atoms with Gasteiger partial charge in [0, 0.05) is 17.7 Å². The highest BCUT2D eigenvalue weighted by Gasteiger charge is 2.21. The number of hydrogen-bond donors (Lipinski definition) is 2. The molecule has 0 saturated carbocycles. The molecule has 31 heavy (non-hydrogen) atoms. The van der Waals surface area contributed by atoms with E-state index in [0.717, 1.165) is 6.07 Å². The molecule has 1 atom stereocenters. The first-order valence-corrected chi connectivity index (χ1v) is 9.44. The van der Waals surface area contributed by atoms with E-state index in [2.05, 4.69) is 10.6 Å². The molecular weight excluding hydrogens is 453 g/mol. The highest BCUT2D eigenvalue weighted by molar-refractivity contribution is 6.42. The van der Waals surface area contributed by atoms with E-state index in [-0.39, 0.29) is 32.7 Å². The fourth-order valence-corrected chi connectivity index (χ4v) is 2.62. The van der Waals surface area contributed by atoms with Crippen LogP contribution in [0, 0.1) is 10.1 Å². The van der Waals surface area contributed by atoms with Gasteiger partial charge in [-0.05, 0) is 31.2 Å². The van der Waals surface area contributed by atoms with Gasteiger partial charge in [-0.2, -0.15) is 0 Å². The minimum Gasteiger partial charge on any atom is -0.495 e. The van der Waals surface area contributed by atoms with Crippen LogP contribution in [0.25, 0.3) is 0 Å². The molecule has 2 N–H and O–H groups in total. The molecular formula is C19H17Cl2N3O7. The molecule has 0 heterocycles. The number of nitrogens with one attached hydrogen (secondary N) is 2. The van der Waals surface area contributed by atoms with Gasteiger partial charge in [-0.3, -0.25) is 24.5 Å². The summed E-state index contributed by atoms with van der Waals surface area (Å²) in [6, 6.07) is 7.86. The number of anilines is 1. The lowest BCUT2D eigenvalue weighted by atomic mass is 10.2. The number of hydrogen-bond acceptors (Lipinski definition) is 7. The molecule has 12 heteroatoms. The first-order chi connectivity index (χ1) is 14.6. The van der Waals surface area contributed by atoms with Crippen molar-refractivity contribution >= 4 is 52.4 Å². The lowest BCUT2D eigenvalue weighted by Crippen LogP contribution is -2.35. The second-order valence-electron chi connectivity index (χ2n) is 6.07. The number of rotatable bonds is 8. The van der Waals surface area contributed by atoms with Crippen molar-refractivity contribution in [2.75, 3.05) is 19.0 Å². The molecule has 0 spiro atoms. The van der Waals surface area contributed by atoms with E-state index in [9.17, 15) is 24.5 Å². The van der Waals surface area contributed by atoms with Crippen LogP contribution in [0.15, 0.2) is 36.4 Å². The number of amides is 2. The van der Waals surface area contributed by atoms with Crippen LogP contribution in [0.3, 0.4) is 0 Å². The van der Waals surface area contributed by atoms with Gasteiger partial charge in [0.2, 0.25) is 0 Å². The zero-order chi connectivity index (χ0) is 23.1. The zero-order valence-corrected chi connectivity index (χ0v) is 17.8. The third kappa shape index (κ3) is 6.56. The van der Waals surface area contributed by atoms with Crippen molar-refractivity contribution in [2.45, 2.75) is 13.0 Å². The number of benzene rings is 2. The summed E-state index contributed by atoms with van der Waals surface area (Å²) in [5.41, 5.74) is -0.0333. The lowest BCUT2D eigenvalue weighted by molar-refractivity contribution is -0.384. The van der Waals surface area contributed by atoms with Crippen LogP contribution in [0.1, 0.15) is 17.3 Å². The van der Waals surface area contributed by atoms with Crippen molar-refractivity contribution in [1.82, 2.24) is 5.32 Å². The predicted octanol–water partition coefficient (Wildman–Crippen LogP) is 3.21. The van der Waals surface area contributed by atoms with Crippen molar-refractivity contribution in [1.29, 1.82) is 0 Å². The molecule has 0 radical (unpaired) electrons. The van der Waals surface area contributed by atoms with Crippen LogP contribution in [0.4, 0.5) is 11.4 Å². The molecule has 0 aliphatic heterocycles. The Labute approximate surface area is 186 Å².